The lowest BCUT2D eigenvalue weighted by Gasteiger charge is -2.29. The minimum absolute atomic E-state index is 0.0667. The maximum Gasteiger partial charge on any atom is 0.251 e. The van der Waals surface area contributed by atoms with Crippen molar-refractivity contribution in [1.29, 1.82) is 0 Å². The number of sulfonamides is 1. The van der Waals surface area contributed by atoms with Gasteiger partial charge in [-0.3, -0.25) is 14.2 Å². The molecule has 2 aromatic rings. The number of aromatic nitrogens is 1. The van der Waals surface area contributed by atoms with Gasteiger partial charge in [0, 0.05) is 25.2 Å². The van der Waals surface area contributed by atoms with Crippen molar-refractivity contribution in [2.75, 3.05) is 13.1 Å². The number of carbonyl (C=O) groups is 1. The van der Waals surface area contributed by atoms with Crippen LogP contribution in [-0.4, -0.2) is 42.3 Å². The molecule has 0 spiro atoms. The highest BCUT2D eigenvalue weighted by atomic mass is 32.2. The Morgan fingerprint density at radius 2 is 1.74 bits per heavy atom. The van der Waals surface area contributed by atoms with Gasteiger partial charge in [-0.15, -0.1) is 0 Å². The lowest BCUT2D eigenvalue weighted by Crippen LogP contribution is -2.39. The third kappa shape index (κ3) is 4.85. The zero-order valence-electron chi connectivity index (χ0n) is 18.0. The summed E-state index contributed by atoms with van der Waals surface area (Å²) < 4.78 is 29.1. The van der Waals surface area contributed by atoms with Gasteiger partial charge < -0.3 is 5.32 Å². The largest absolute Gasteiger partial charge is 0.352 e. The Bertz CT molecular complexity index is 1110. The first-order valence-corrected chi connectivity index (χ1v) is 12.7. The Kier molecular flexibility index (Phi) is 6.48. The van der Waals surface area contributed by atoms with Crippen LogP contribution < -0.4 is 10.9 Å². The van der Waals surface area contributed by atoms with Gasteiger partial charge in [0.25, 0.3) is 5.56 Å². The summed E-state index contributed by atoms with van der Waals surface area (Å²) in [7, 11) is -3.58. The van der Waals surface area contributed by atoms with Gasteiger partial charge in [-0.2, -0.15) is 4.31 Å². The maximum absolute atomic E-state index is 13.1. The summed E-state index contributed by atoms with van der Waals surface area (Å²) in [6.45, 7) is 3.14. The number of piperidine rings is 1. The number of benzene rings is 1. The van der Waals surface area contributed by atoms with Crippen molar-refractivity contribution in [3.63, 3.8) is 0 Å². The summed E-state index contributed by atoms with van der Waals surface area (Å²) in [5.41, 5.74) is 0.296. The highest BCUT2D eigenvalue weighted by Crippen LogP contribution is 2.25. The van der Waals surface area contributed by atoms with E-state index in [1.165, 1.54) is 17.1 Å². The van der Waals surface area contributed by atoms with Crippen LogP contribution in [0.1, 0.15) is 51.9 Å². The van der Waals surface area contributed by atoms with Crippen LogP contribution in [0.3, 0.4) is 0 Å². The zero-order valence-corrected chi connectivity index (χ0v) is 18.9. The van der Waals surface area contributed by atoms with E-state index in [1.54, 1.807) is 28.6 Å². The normalized spacial score (nSPS) is 19.5. The predicted molar refractivity (Wildman–Crippen MR) is 120 cm³/mol. The average molecular weight is 446 g/mol. The fraction of sp³-hybridized carbons (Fsp3) is 0.565. The van der Waals surface area contributed by atoms with E-state index in [2.05, 4.69) is 12.2 Å². The molecule has 0 radical (unpaired) electrons. The Morgan fingerprint density at radius 3 is 2.45 bits per heavy atom. The first kappa shape index (κ1) is 22.0. The molecule has 1 saturated carbocycles. The molecule has 0 unspecified atom stereocenters. The topological polar surface area (TPSA) is 88.5 Å². The van der Waals surface area contributed by atoms with Crippen LogP contribution in [0.2, 0.25) is 0 Å². The molecular formula is C23H31N3O4S. The van der Waals surface area contributed by atoms with Gasteiger partial charge in [-0.25, -0.2) is 8.42 Å². The molecule has 2 fully saturated rings. The predicted octanol–water partition coefficient (Wildman–Crippen LogP) is 2.87. The maximum atomic E-state index is 13.1. The van der Waals surface area contributed by atoms with Gasteiger partial charge >= 0.3 is 0 Å². The van der Waals surface area contributed by atoms with Crippen LogP contribution in [0.5, 0.6) is 0 Å². The molecular weight excluding hydrogens is 414 g/mol. The van der Waals surface area contributed by atoms with E-state index in [9.17, 15) is 18.0 Å². The fourth-order valence-corrected chi connectivity index (χ4v) is 6.15. The number of nitrogens with zero attached hydrogens (tertiary/aromatic N) is 2. The molecule has 1 amide bonds. The molecule has 1 aliphatic carbocycles. The highest BCUT2D eigenvalue weighted by molar-refractivity contribution is 7.89. The van der Waals surface area contributed by atoms with Crippen molar-refractivity contribution < 1.29 is 13.2 Å². The summed E-state index contributed by atoms with van der Waals surface area (Å²) in [4.78, 5) is 25.3. The molecule has 1 aromatic carbocycles. The van der Waals surface area contributed by atoms with Crippen molar-refractivity contribution in [2.45, 2.75) is 69.4 Å². The number of fused-ring (bicyclic) bond motifs is 1. The van der Waals surface area contributed by atoms with Gasteiger partial charge in [-0.05, 0) is 61.3 Å². The summed E-state index contributed by atoms with van der Waals surface area (Å²) in [5.74, 6) is 0.359. The van der Waals surface area contributed by atoms with Gasteiger partial charge in [-0.1, -0.05) is 26.2 Å². The number of hydrogen-bond donors (Lipinski definition) is 1. The van der Waals surface area contributed by atoms with E-state index in [4.69, 9.17) is 0 Å². The van der Waals surface area contributed by atoms with Crippen molar-refractivity contribution >= 4 is 26.8 Å². The lowest BCUT2D eigenvalue weighted by molar-refractivity contribution is -0.122. The van der Waals surface area contributed by atoms with Gasteiger partial charge in [0.2, 0.25) is 15.9 Å². The van der Waals surface area contributed by atoms with Crippen LogP contribution in [0, 0.1) is 5.92 Å². The first-order valence-electron chi connectivity index (χ1n) is 11.3. The van der Waals surface area contributed by atoms with Crippen molar-refractivity contribution in [2.24, 2.45) is 5.92 Å². The van der Waals surface area contributed by atoms with Crippen LogP contribution in [0.15, 0.2) is 40.0 Å². The first-order chi connectivity index (χ1) is 14.8. The Labute approximate surface area is 183 Å². The fourth-order valence-electron chi connectivity index (χ4n) is 4.64. The van der Waals surface area contributed by atoms with Crippen molar-refractivity contribution in [1.82, 2.24) is 14.2 Å². The molecule has 2 heterocycles. The summed E-state index contributed by atoms with van der Waals surface area (Å²) in [6, 6.07) is 8.00. The molecule has 0 atom stereocenters. The van der Waals surface area contributed by atoms with E-state index in [1.807, 2.05) is 0 Å². The summed E-state index contributed by atoms with van der Waals surface area (Å²) in [5, 5.41) is 3.68. The SMILES string of the molecule is CC1CCN(S(=O)(=O)c2ccc3c(ccc(=O)n3CC(=O)NC3CCCCC3)c2)CC1. The lowest BCUT2D eigenvalue weighted by atomic mass is 9.95. The summed E-state index contributed by atoms with van der Waals surface area (Å²) >= 11 is 0. The molecule has 7 nitrogen and oxygen atoms in total. The van der Waals surface area contributed by atoms with Crippen molar-refractivity contribution in [3.8, 4) is 0 Å². The number of nitrogens with one attached hydrogen (secondary N) is 1. The van der Waals surface area contributed by atoms with E-state index < -0.39 is 10.0 Å². The molecule has 4 rings (SSSR count). The second-order valence-electron chi connectivity index (χ2n) is 8.97. The molecule has 168 valence electrons. The Hall–Kier alpha value is -2.19. The Morgan fingerprint density at radius 1 is 1.03 bits per heavy atom. The molecule has 1 saturated heterocycles. The van der Waals surface area contributed by atoms with Gasteiger partial charge in [0.15, 0.2) is 0 Å². The molecule has 1 aliphatic heterocycles. The molecule has 1 N–H and O–H groups in total. The number of hydrogen-bond acceptors (Lipinski definition) is 4. The number of rotatable bonds is 5. The monoisotopic (exact) mass is 445 g/mol. The Balaban J connectivity index is 1.57. The van der Waals surface area contributed by atoms with E-state index >= 15 is 0 Å². The summed E-state index contributed by atoms with van der Waals surface area (Å²) in [6.07, 6.45) is 7.12. The standard InChI is InChI=1S/C23H31N3O4S/c1-17-11-13-25(14-12-17)31(29,30)20-8-9-21-18(15-20)7-10-23(28)26(21)16-22(27)24-19-5-3-2-4-6-19/h7-10,15,17,19H,2-6,11-14,16H2,1H3,(H,24,27). The molecule has 0 bridgehead atoms. The number of pyridine rings is 1. The molecule has 1 aromatic heterocycles. The van der Waals surface area contributed by atoms with E-state index in [0.717, 1.165) is 38.5 Å². The third-order valence-corrected chi connectivity index (χ3v) is 8.51. The van der Waals surface area contributed by atoms with E-state index in [-0.39, 0.29) is 28.9 Å². The number of amides is 1. The van der Waals surface area contributed by atoms with Gasteiger partial charge in [0.1, 0.15) is 6.54 Å². The minimum Gasteiger partial charge on any atom is -0.352 e. The minimum atomic E-state index is -3.58. The van der Waals surface area contributed by atoms with E-state index in [0.29, 0.717) is 29.9 Å². The smallest absolute Gasteiger partial charge is 0.251 e. The highest BCUT2D eigenvalue weighted by Gasteiger charge is 2.28. The average Bonchev–Trinajstić information content (AvgIpc) is 2.76. The number of carbonyl (C=O) groups excluding carboxylic acids is 1. The quantitative estimate of drug-likeness (QED) is 0.767. The van der Waals surface area contributed by atoms with Gasteiger partial charge in [0.05, 0.1) is 10.4 Å². The van der Waals surface area contributed by atoms with Crippen LogP contribution in [-0.2, 0) is 21.4 Å². The second-order valence-corrected chi connectivity index (χ2v) is 10.9. The molecule has 31 heavy (non-hydrogen) atoms. The second kappa shape index (κ2) is 9.12. The third-order valence-electron chi connectivity index (χ3n) is 6.61. The van der Waals surface area contributed by atoms with Crippen LogP contribution >= 0.6 is 0 Å². The molecule has 8 heteroatoms. The van der Waals surface area contributed by atoms with Crippen molar-refractivity contribution in [3.05, 3.63) is 40.7 Å². The molecule has 2 aliphatic rings. The zero-order chi connectivity index (χ0) is 22.0. The van der Waals surface area contributed by atoms with Crippen LogP contribution in [0.25, 0.3) is 10.9 Å². The van der Waals surface area contributed by atoms with Crippen LogP contribution in [0.4, 0.5) is 0 Å².